The first-order chi connectivity index (χ1) is 9.07. The van der Waals surface area contributed by atoms with Gasteiger partial charge in [0.25, 0.3) is 5.69 Å². The number of rotatable bonds is 3. The van der Waals surface area contributed by atoms with Crippen LogP contribution in [0.15, 0.2) is 24.3 Å². The Balaban J connectivity index is 2.17. The minimum atomic E-state index is -0.982. The number of benzene rings is 1. The number of nitrogens with one attached hydrogen (secondary N) is 1. The van der Waals surface area contributed by atoms with Gasteiger partial charge in [0.2, 0.25) is 5.91 Å². The summed E-state index contributed by atoms with van der Waals surface area (Å²) in [6.07, 6.45) is 2.81. The van der Waals surface area contributed by atoms with Crippen molar-refractivity contribution in [2.24, 2.45) is 5.41 Å². The molecule has 98 valence electrons. The predicted molar refractivity (Wildman–Crippen MR) is 68.2 cm³/mol. The number of nitro benzene ring substituents is 1. The summed E-state index contributed by atoms with van der Waals surface area (Å²) in [6, 6.07) is 7.81. The SMILES string of the molecule is N#CC1(C(=O)Nc2cccc([N+](=O)[O-])c2)CCCC1. The lowest BCUT2D eigenvalue weighted by Crippen LogP contribution is -2.32. The first-order valence-corrected chi connectivity index (χ1v) is 6.04. The van der Waals surface area contributed by atoms with Crippen LogP contribution < -0.4 is 5.32 Å². The molecule has 1 aromatic rings. The topological polar surface area (TPSA) is 96.0 Å². The van der Waals surface area contributed by atoms with Gasteiger partial charge in [0.15, 0.2) is 0 Å². The number of nitro groups is 1. The highest BCUT2D eigenvalue weighted by Gasteiger charge is 2.41. The second kappa shape index (κ2) is 5.06. The van der Waals surface area contributed by atoms with E-state index in [4.69, 9.17) is 0 Å². The summed E-state index contributed by atoms with van der Waals surface area (Å²) in [5.74, 6) is -0.368. The van der Waals surface area contributed by atoms with Crippen molar-refractivity contribution in [3.63, 3.8) is 0 Å². The van der Waals surface area contributed by atoms with E-state index in [2.05, 4.69) is 11.4 Å². The third kappa shape index (κ3) is 2.55. The van der Waals surface area contributed by atoms with Crippen molar-refractivity contribution in [1.29, 1.82) is 5.26 Å². The average molecular weight is 259 g/mol. The van der Waals surface area contributed by atoms with Crippen LogP contribution in [-0.2, 0) is 4.79 Å². The zero-order valence-corrected chi connectivity index (χ0v) is 10.3. The van der Waals surface area contributed by atoms with Gasteiger partial charge in [-0.25, -0.2) is 0 Å². The van der Waals surface area contributed by atoms with Crippen molar-refractivity contribution in [3.05, 3.63) is 34.4 Å². The van der Waals surface area contributed by atoms with Crippen LogP contribution in [0.4, 0.5) is 11.4 Å². The van der Waals surface area contributed by atoms with Crippen molar-refractivity contribution < 1.29 is 9.72 Å². The number of non-ortho nitro benzene ring substituents is 1. The van der Waals surface area contributed by atoms with Crippen LogP contribution in [0.3, 0.4) is 0 Å². The van der Waals surface area contributed by atoms with Gasteiger partial charge in [-0.1, -0.05) is 18.9 Å². The third-order valence-corrected chi connectivity index (χ3v) is 3.42. The van der Waals surface area contributed by atoms with E-state index >= 15 is 0 Å². The largest absolute Gasteiger partial charge is 0.324 e. The fourth-order valence-corrected chi connectivity index (χ4v) is 2.32. The van der Waals surface area contributed by atoms with Gasteiger partial charge in [0.1, 0.15) is 5.41 Å². The fourth-order valence-electron chi connectivity index (χ4n) is 2.32. The molecule has 0 atom stereocenters. The van der Waals surface area contributed by atoms with Gasteiger partial charge >= 0.3 is 0 Å². The van der Waals surface area contributed by atoms with Crippen molar-refractivity contribution in [1.82, 2.24) is 0 Å². The molecule has 1 aliphatic carbocycles. The minimum Gasteiger partial charge on any atom is -0.324 e. The van der Waals surface area contributed by atoms with E-state index in [0.29, 0.717) is 18.5 Å². The molecule has 0 aliphatic heterocycles. The number of carbonyl (C=O) groups excluding carboxylic acids is 1. The Kier molecular flexibility index (Phi) is 3.47. The highest BCUT2D eigenvalue weighted by atomic mass is 16.6. The smallest absolute Gasteiger partial charge is 0.271 e. The summed E-state index contributed by atoms with van der Waals surface area (Å²) < 4.78 is 0. The highest BCUT2D eigenvalue weighted by molar-refractivity contribution is 5.97. The molecule has 19 heavy (non-hydrogen) atoms. The normalized spacial score (nSPS) is 16.6. The average Bonchev–Trinajstić information content (AvgIpc) is 2.89. The number of carbonyl (C=O) groups is 1. The summed E-state index contributed by atoms with van der Waals surface area (Å²) in [5, 5.41) is 22.4. The summed E-state index contributed by atoms with van der Waals surface area (Å²) in [5.41, 5.74) is -0.721. The van der Waals surface area contributed by atoms with Gasteiger partial charge in [-0.15, -0.1) is 0 Å². The monoisotopic (exact) mass is 259 g/mol. The lowest BCUT2D eigenvalue weighted by atomic mass is 9.87. The molecule has 1 saturated carbocycles. The molecule has 6 heteroatoms. The van der Waals surface area contributed by atoms with E-state index in [0.717, 1.165) is 12.8 Å². The Hall–Kier alpha value is -2.42. The van der Waals surface area contributed by atoms with E-state index in [-0.39, 0.29) is 11.6 Å². The molecule has 6 nitrogen and oxygen atoms in total. The van der Waals surface area contributed by atoms with Gasteiger partial charge in [0.05, 0.1) is 11.0 Å². The molecule has 0 unspecified atom stereocenters. The van der Waals surface area contributed by atoms with Crippen molar-refractivity contribution in [3.8, 4) is 6.07 Å². The molecule has 0 heterocycles. The molecular weight excluding hydrogens is 246 g/mol. The van der Waals surface area contributed by atoms with Gasteiger partial charge in [0, 0.05) is 17.8 Å². The maximum absolute atomic E-state index is 12.1. The highest BCUT2D eigenvalue weighted by Crippen LogP contribution is 2.38. The molecule has 1 N–H and O–H groups in total. The Bertz CT molecular complexity index is 556. The summed E-state index contributed by atoms with van der Waals surface area (Å²) in [7, 11) is 0. The van der Waals surface area contributed by atoms with Gasteiger partial charge < -0.3 is 5.32 Å². The summed E-state index contributed by atoms with van der Waals surface area (Å²) >= 11 is 0. The van der Waals surface area contributed by atoms with Gasteiger partial charge in [-0.2, -0.15) is 5.26 Å². The molecule has 1 aromatic carbocycles. The lowest BCUT2D eigenvalue weighted by molar-refractivity contribution is -0.384. The molecule has 1 aliphatic rings. The zero-order chi connectivity index (χ0) is 13.9. The van der Waals surface area contributed by atoms with E-state index in [9.17, 15) is 20.2 Å². The maximum Gasteiger partial charge on any atom is 0.271 e. The van der Waals surface area contributed by atoms with E-state index in [1.807, 2.05) is 0 Å². The standard InChI is InChI=1S/C13H13N3O3/c14-9-13(6-1-2-7-13)12(17)15-10-4-3-5-11(8-10)16(18)19/h3-5,8H,1-2,6-7H2,(H,15,17). The fraction of sp³-hybridized carbons (Fsp3) is 0.385. The van der Waals surface area contributed by atoms with Crippen LogP contribution in [0.2, 0.25) is 0 Å². The number of hydrogen-bond donors (Lipinski definition) is 1. The van der Waals surface area contributed by atoms with Crippen molar-refractivity contribution >= 4 is 17.3 Å². The molecule has 1 fully saturated rings. The van der Waals surface area contributed by atoms with Crippen LogP contribution in [0.5, 0.6) is 0 Å². The Morgan fingerprint density at radius 1 is 1.42 bits per heavy atom. The summed E-state index contributed by atoms with van der Waals surface area (Å²) in [6.45, 7) is 0. The molecule has 0 aromatic heterocycles. The van der Waals surface area contributed by atoms with E-state index in [1.165, 1.54) is 18.2 Å². The Morgan fingerprint density at radius 2 is 2.11 bits per heavy atom. The minimum absolute atomic E-state index is 0.0878. The summed E-state index contributed by atoms with van der Waals surface area (Å²) in [4.78, 5) is 22.3. The molecular formula is C13H13N3O3. The van der Waals surface area contributed by atoms with Crippen LogP contribution in [0, 0.1) is 26.9 Å². The quantitative estimate of drug-likeness (QED) is 0.666. The number of amides is 1. The predicted octanol–water partition coefficient (Wildman–Crippen LogP) is 2.62. The first kappa shape index (κ1) is 13.0. The Labute approximate surface area is 110 Å². The van der Waals surface area contributed by atoms with Gasteiger partial charge in [-0.3, -0.25) is 14.9 Å². The third-order valence-electron chi connectivity index (χ3n) is 3.42. The zero-order valence-electron chi connectivity index (χ0n) is 10.3. The Morgan fingerprint density at radius 3 is 2.68 bits per heavy atom. The number of nitriles is 1. The van der Waals surface area contributed by atoms with Crippen molar-refractivity contribution in [2.75, 3.05) is 5.32 Å². The number of anilines is 1. The van der Waals surface area contributed by atoms with Crippen LogP contribution >= 0.6 is 0 Å². The molecule has 0 spiro atoms. The molecule has 0 saturated heterocycles. The number of nitrogens with zero attached hydrogens (tertiary/aromatic N) is 2. The van der Waals surface area contributed by atoms with Crippen LogP contribution in [0.1, 0.15) is 25.7 Å². The molecule has 1 amide bonds. The molecule has 0 bridgehead atoms. The van der Waals surface area contributed by atoms with E-state index < -0.39 is 10.3 Å². The molecule has 2 rings (SSSR count). The van der Waals surface area contributed by atoms with Crippen LogP contribution in [0.25, 0.3) is 0 Å². The van der Waals surface area contributed by atoms with E-state index in [1.54, 1.807) is 6.07 Å². The second-order valence-electron chi connectivity index (χ2n) is 4.66. The van der Waals surface area contributed by atoms with Gasteiger partial charge in [-0.05, 0) is 18.9 Å². The van der Waals surface area contributed by atoms with Crippen molar-refractivity contribution in [2.45, 2.75) is 25.7 Å². The second-order valence-corrected chi connectivity index (χ2v) is 4.66. The molecule has 0 radical (unpaired) electrons. The lowest BCUT2D eigenvalue weighted by Gasteiger charge is -2.19. The maximum atomic E-state index is 12.1. The van der Waals surface area contributed by atoms with Crippen LogP contribution in [-0.4, -0.2) is 10.8 Å². The number of hydrogen-bond acceptors (Lipinski definition) is 4. The first-order valence-electron chi connectivity index (χ1n) is 6.04.